The first-order chi connectivity index (χ1) is 14.1. The molecule has 0 aromatic carbocycles. The van der Waals surface area contributed by atoms with E-state index in [-0.39, 0.29) is 24.4 Å². The van der Waals surface area contributed by atoms with Crippen LogP contribution < -0.4 is 20.5 Å². The van der Waals surface area contributed by atoms with Crippen molar-refractivity contribution in [3.05, 3.63) is 59.0 Å². The molecule has 4 rings (SSSR count). The van der Waals surface area contributed by atoms with Crippen LogP contribution in [0.25, 0.3) is 16.8 Å². The van der Waals surface area contributed by atoms with Crippen LogP contribution in [-0.4, -0.2) is 46.9 Å². The van der Waals surface area contributed by atoms with E-state index in [1.807, 2.05) is 18.2 Å². The molecule has 0 saturated carbocycles. The van der Waals surface area contributed by atoms with Crippen LogP contribution >= 0.6 is 11.8 Å². The standard InChI is InChI=1S/C19H21ClFN6O2/c20-27-18-4-2-16(13-25(18)19(28)26(27)12-14(9-21)10-22)15-1-3-17(23-11-15)24-5-7-29-8-6-24/h1-4,9,11,13H,5-8,10,12,22H2/q+1/b14-9+. The zero-order chi connectivity index (χ0) is 20.4. The van der Waals surface area contributed by atoms with E-state index in [0.29, 0.717) is 25.2 Å². The number of pyridine rings is 2. The SMILES string of the molecule is NC/C(=C\F)Cn1c(=O)n2cc(-c3ccc(N4CCOCC4)nc3)ccc2[n+]1Cl. The highest BCUT2D eigenvalue weighted by Crippen LogP contribution is 2.21. The number of rotatable bonds is 5. The van der Waals surface area contributed by atoms with Crippen LogP contribution in [0.1, 0.15) is 0 Å². The minimum Gasteiger partial charge on any atom is -0.378 e. The molecule has 1 aliphatic rings. The molecular formula is C19H21ClFN6O2+. The van der Waals surface area contributed by atoms with Crippen molar-refractivity contribution >= 4 is 23.2 Å². The Morgan fingerprint density at radius 2 is 2.03 bits per heavy atom. The minimum absolute atomic E-state index is 0.00156. The van der Waals surface area contributed by atoms with Gasteiger partial charge in [-0.25, -0.2) is 14.2 Å². The summed E-state index contributed by atoms with van der Waals surface area (Å²) in [5.41, 5.74) is 7.52. The van der Waals surface area contributed by atoms with E-state index in [2.05, 4.69) is 9.88 Å². The van der Waals surface area contributed by atoms with E-state index in [1.54, 1.807) is 18.5 Å². The second-order valence-electron chi connectivity index (χ2n) is 6.72. The molecule has 0 radical (unpaired) electrons. The fraction of sp³-hybridized carbons (Fsp3) is 0.316. The molecule has 0 atom stereocenters. The fourth-order valence-electron chi connectivity index (χ4n) is 3.29. The Morgan fingerprint density at radius 3 is 2.69 bits per heavy atom. The van der Waals surface area contributed by atoms with Gasteiger partial charge >= 0.3 is 11.3 Å². The van der Waals surface area contributed by atoms with Crippen LogP contribution in [0.15, 0.2) is 53.4 Å². The summed E-state index contributed by atoms with van der Waals surface area (Å²) in [6.07, 6.45) is 3.87. The second kappa shape index (κ2) is 8.32. The number of aromatic nitrogens is 4. The van der Waals surface area contributed by atoms with Crippen molar-refractivity contribution in [2.45, 2.75) is 6.54 Å². The molecular weight excluding hydrogens is 399 g/mol. The quantitative estimate of drug-likeness (QED) is 0.669. The normalized spacial score (nSPS) is 15.3. The molecule has 152 valence electrons. The average Bonchev–Trinajstić information content (AvgIpc) is 3.02. The number of anilines is 1. The van der Waals surface area contributed by atoms with Gasteiger partial charge in [0.1, 0.15) is 12.0 Å². The maximum Gasteiger partial charge on any atom is 0.453 e. The van der Waals surface area contributed by atoms with E-state index in [9.17, 15) is 9.18 Å². The summed E-state index contributed by atoms with van der Waals surface area (Å²) < 4.78 is 22.1. The first kappa shape index (κ1) is 19.6. The molecule has 29 heavy (non-hydrogen) atoms. The molecule has 0 spiro atoms. The predicted octanol–water partition coefficient (Wildman–Crippen LogP) is 1.10. The lowest BCUT2D eigenvalue weighted by molar-refractivity contribution is -0.593. The third-order valence-corrected chi connectivity index (χ3v) is 5.30. The molecule has 4 heterocycles. The summed E-state index contributed by atoms with van der Waals surface area (Å²) in [6, 6.07) is 7.52. The van der Waals surface area contributed by atoms with Crippen molar-refractivity contribution in [3.63, 3.8) is 0 Å². The molecule has 0 amide bonds. The topological polar surface area (TPSA) is 81.7 Å². The Kier molecular flexibility index (Phi) is 5.61. The van der Waals surface area contributed by atoms with Gasteiger partial charge < -0.3 is 15.4 Å². The lowest BCUT2D eigenvalue weighted by Gasteiger charge is -2.27. The predicted molar refractivity (Wildman–Crippen MR) is 108 cm³/mol. The minimum atomic E-state index is -0.387. The van der Waals surface area contributed by atoms with Crippen molar-refractivity contribution in [1.29, 1.82) is 0 Å². The number of halogens is 2. The van der Waals surface area contributed by atoms with Crippen molar-refractivity contribution in [2.24, 2.45) is 5.73 Å². The molecule has 8 nitrogen and oxygen atoms in total. The zero-order valence-corrected chi connectivity index (χ0v) is 16.4. The van der Waals surface area contributed by atoms with Gasteiger partial charge in [0.2, 0.25) is 0 Å². The lowest BCUT2D eigenvalue weighted by Crippen LogP contribution is -2.39. The van der Waals surface area contributed by atoms with Crippen LogP contribution in [0.2, 0.25) is 0 Å². The smallest absolute Gasteiger partial charge is 0.378 e. The molecule has 0 bridgehead atoms. The van der Waals surface area contributed by atoms with Crippen molar-refractivity contribution < 1.29 is 13.3 Å². The summed E-state index contributed by atoms with van der Waals surface area (Å²) in [6.45, 7) is 2.99. The number of ether oxygens (including phenoxy) is 1. The molecule has 3 aromatic heterocycles. The van der Waals surface area contributed by atoms with Crippen LogP contribution in [-0.2, 0) is 11.3 Å². The molecule has 2 N–H and O–H groups in total. The molecule has 10 heteroatoms. The van der Waals surface area contributed by atoms with Crippen LogP contribution in [0.4, 0.5) is 10.2 Å². The molecule has 0 unspecified atom stereocenters. The highest BCUT2D eigenvalue weighted by Gasteiger charge is 2.22. The summed E-state index contributed by atoms with van der Waals surface area (Å²) in [7, 11) is 0. The molecule has 1 saturated heterocycles. The number of nitrogens with two attached hydrogens (primary N) is 1. The first-order valence-corrected chi connectivity index (χ1v) is 9.57. The third kappa shape index (κ3) is 3.76. The maximum atomic E-state index is 12.9. The van der Waals surface area contributed by atoms with Gasteiger partial charge in [-0.1, -0.05) is 0 Å². The number of nitrogens with zero attached hydrogens (tertiary/aromatic N) is 5. The maximum absolute atomic E-state index is 12.9. The van der Waals surface area contributed by atoms with Gasteiger partial charge in [0.15, 0.2) is 11.8 Å². The van der Waals surface area contributed by atoms with Crippen molar-refractivity contribution in [3.8, 4) is 11.1 Å². The largest absolute Gasteiger partial charge is 0.453 e. The van der Waals surface area contributed by atoms with Crippen molar-refractivity contribution in [2.75, 3.05) is 37.7 Å². The van der Waals surface area contributed by atoms with Crippen molar-refractivity contribution in [1.82, 2.24) is 14.1 Å². The number of fused-ring (bicyclic) bond motifs is 1. The molecule has 3 aromatic rings. The van der Waals surface area contributed by atoms with Gasteiger partial charge in [0.25, 0.3) is 0 Å². The first-order valence-electron chi connectivity index (χ1n) is 9.23. The number of hydrogen-bond acceptors (Lipinski definition) is 5. The summed E-state index contributed by atoms with van der Waals surface area (Å²) in [5.74, 6) is 0.896. The highest BCUT2D eigenvalue weighted by molar-refractivity contribution is 6.04. The number of morpholine rings is 1. The third-order valence-electron chi connectivity index (χ3n) is 4.94. The molecule has 0 aliphatic carbocycles. The molecule has 1 aliphatic heterocycles. The summed E-state index contributed by atoms with van der Waals surface area (Å²) >= 11 is 6.27. The van der Waals surface area contributed by atoms with E-state index in [4.69, 9.17) is 22.2 Å². The Labute approximate surface area is 171 Å². The Morgan fingerprint density at radius 1 is 1.28 bits per heavy atom. The summed E-state index contributed by atoms with van der Waals surface area (Å²) in [4.78, 5) is 19.5. The van der Waals surface area contributed by atoms with E-state index < -0.39 is 0 Å². The van der Waals surface area contributed by atoms with Gasteiger partial charge in [-0.3, -0.25) is 0 Å². The molecule has 1 fully saturated rings. The van der Waals surface area contributed by atoms with Gasteiger partial charge in [-0.05, 0) is 28.0 Å². The van der Waals surface area contributed by atoms with Crippen LogP contribution in [0.5, 0.6) is 0 Å². The lowest BCUT2D eigenvalue weighted by atomic mass is 10.1. The highest BCUT2D eigenvalue weighted by atomic mass is 35.5. The average molecular weight is 420 g/mol. The monoisotopic (exact) mass is 419 g/mol. The Balaban J connectivity index is 1.67. The Hall–Kier alpha value is -2.75. The second-order valence-corrected chi connectivity index (χ2v) is 7.04. The fourth-order valence-corrected chi connectivity index (χ4v) is 3.55. The van der Waals surface area contributed by atoms with Gasteiger partial charge in [0.05, 0.1) is 26.1 Å². The van der Waals surface area contributed by atoms with Gasteiger partial charge in [-0.15, -0.1) is 9.08 Å². The number of hydrogen-bond donors (Lipinski definition) is 1. The van der Waals surface area contributed by atoms with Gasteiger partial charge in [-0.2, -0.15) is 0 Å². The van der Waals surface area contributed by atoms with Crippen LogP contribution in [0, 0.1) is 0 Å². The Bertz CT molecular complexity index is 1100. The summed E-state index contributed by atoms with van der Waals surface area (Å²) in [5, 5.41) is 0. The zero-order valence-electron chi connectivity index (χ0n) is 15.7. The van der Waals surface area contributed by atoms with E-state index in [0.717, 1.165) is 30.0 Å². The van der Waals surface area contributed by atoms with E-state index in [1.165, 1.54) is 13.3 Å². The van der Waals surface area contributed by atoms with Gasteiger partial charge in [0, 0.05) is 43.0 Å². The van der Waals surface area contributed by atoms with Crippen LogP contribution in [0.3, 0.4) is 0 Å². The van der Waals surface area contributed by atoms with E-state index >= 15 is 0 Å².